The predicted octanol–water partition coefficient (Wildman–Crippen LogP) is 3.12. The van der Waals surface area contributed by atoms with Crippen LogP contribution in [0.15, 0.2) is 42.6 Å². The van der Waals surface area contributed by atoms with Crippen LogP contribution in [0.3, 0.4) is 0 Å². The summed E-state index contributed by atoms with van der Waals surface area (Å²) >= 11 is 0. The Hall–Kier alpha value is -3.53. The number of pyridine rings is 1. The Morgan fingerprint density at radius 1 is 1.30 bits per heavy atom. The van der Waals surface area contributed by atoms with Crippen LogP contribution < -0.4 is 14.8 Å². The summed E-state index contributed by atoms with van der Waals surface area (Å²) in [6.07, 6.45) is 8.34. The first-order valence-electron chi connectivity index (χ1n) is 8.25. The van der Waals surface area contributed by atoms with Crippen molar-refractivity contribution in [3.8, 4) is 17.6 Å². The van der Waals surface area contributed by atoms with Gasteiger partial charge in [-0.3, -0.25) is 9.78 Å². The van der Waals surface area contributed by atoms with Crippen LogP contribution in [0.5, 0.6) is 11.5 Å². The summed E-state index contributed by atoms with van der Waals surface area (Å²) in [4.78, 5) is 16.0. The summed E-state index contributed by atoms with van der Waals surface area (Å²) in [6, 6.07) is 5.56. The molecule has 2 aromatic rings. The number of allylic oxidation sites excluding steroid dienone is 2. The van der Waals surface area contributed by atoms with Crippen LogP contribution in [0, 0.1) is 17.2 Å². The second kappa shape index (κ2) is 7.00. The highest BCUT2D eigenvalue weighted by Gasteiger charge is 2.37. The van der Waals surface area contributed by atoms with Gasteiger partial charge in [-0.1, -0.05) is 24.3 Å². The molecule has 7 heteroatoms. The van der Waals surface area contributed by atoms with E-state index in [0.29, 0.717) is 33.7 Å². The van der Waals surface area contributed by atoms with Gasteiger partial charge >= 0.3 is 5.97 Å². The number of nitriles is 1. The van der Waals surface area contributed by atoms with Gasteiger partial charge in [-0.2, -0.15) is 5.26 Å². The average Bonchev–Trinajstić information content (AvgIpc) is 2.67. The van der Waals surface area contributed by atoms with Crippen LogP contribution >= 0.6 is 0 Å². The number of nitrogens with zero attached hydrogens (tertiary/aromatic N) is 2. The maximum Gasteiger partial charge on any atom is 0.313 e. The molecule has 27 heavy (non-hydrogen) atoms. The van der Waals surface area contributed by atoms with E-state index in [1.54, 1.807) is 43.4 Å². The number of rotatable bonds is 5. The van der Waals surface area contributed by atoms with Crippen LogP contribution in [-0.4, -0.2) is 35.8 Å². The smallest absolute Gasteiger partial charge is 0.313 e. The fourth-order valence-corrected chi connectivity index (χ4v) is 3.20. The maximum atomic E-state index is 11.7. The Labute approximate surface area is 156 Å². The van der Waals surface area contributed by atoms with Crippen LogP contribution in [0.2, 0.25) is 0 Å². The van der Waals surface area contributed by atoms with Crippen LogP contribution in [0.1, 0.15) is 12.5 Å². The van der Waals surface area contributed by atoms with Crippen molar-refractivity contribution in [1.82, 2.24) is 4.98 Å². The van der Waals surface area contributed by atoms with Gasteiger partial charge in [0.05, 0.1) is 36.5 Å². The van der Waals surface area contributed by atoms with Crippen molar-refractivity contribution >= 4 is 22.6 Å². The van der Waals surface area contributed by atoms with Gasteiger partial charge in [0.2, 0.25) is 0 Å². The topological polar surface area (TPSA) is 104 Å². The number of nitrogens with one attached hydrogen (secondary N) is 1. The lowest BCUT2D eigenvalue weighted by Crippen LogP contribution is -2.45. The molecule has 0 spiro atoms. The third kappa shape index (κ3) is 3.17. The first-order valence-corrected chi connectivity index (χ1v) is 8.25. The first-order chi connectivity index (χ1) is 12.9. The highest BCUT2D eigenvalue weighted by atomic mass is 16.5. The van der Waals surface area contributed by atoms with E-state index in [1.165, 1.54) is 20.4 Å². The molecule has 0 aliphatic heterocycles. The third-order valence-electron chi connectivity index (χ3n) is 4.66. The van der Waals surface area contributed by atoms with E-state index < -0.39 is 17.4 Å². The van der Waals surface area contributed by atoms with Gasteiger partial charge in [-0.25, -0.2) is 0 Å². The molecule has 7 nitrogen and oxygen atoms in total. The van der Waals surface area contributed by atoms with Crippen molar-refractivity contribution < 1.29 is 19.4 Å². The molecule has 0 saturated heterocycles. The largest absolute Gasteiger partial charge is 0.493 e. The van der Waals surface area contributed by atoms with E-state index in [2.05, 4.69) is 16.4 Å². The van der Waals surface area contributed by atoms with Crippen molar-refractivity contribution in [3.05, 3.63) is 48.2 Å². The van der Waals surface area contributed by atoms with Crippen molar-refractivity contribution in [1.29, 1.82) is 5.26 Å². The van der Waals surface area contributed by atoms with Crippen molar-refractivity contribution in [2.45, 2.75) is 12.5 Å². The van der Waals surface area contributed by atoms with Gasteiger partial charge < -0.3 is 19.9 Å². The Morgan fingerprint density at radius 2 is 2.00 bits per heavy atom. The quantitative estimate of drug-likeness (QED) is 0.839. The van der Waals surface area contributed by atoms with E-state index in [4.69, 9.17) is 9.47 Å². The molecule has 1 aromatic carbocycles. The number of methoxy groups -OCH3 is 2. The highest BCUT2D eigenvalue weighted by molar-refractivity contribution is 5.96. The average molecular weight is 365 g/mol. The van der Waals surface area contributed by atoms with Crippen LogP contribution in [0.25, 0.3) is 10.9 Å². The molecule has 138 valence electrons. The standard InChI is InChI=1S/C20H19N3O4/c1-20(7-5-4-6-14(20)19(24)25)23-18-12(10-21)11-22-15-9-17(27-3)16(26-2)8-13(15)18/h4-9,11,14H,1-3H3,(H,22,23)(H,24,25). The predicted molar refractivity (Wildman–Crippen MR) is 101 cm³/mol. The second-order valence-corrected chi connectivity index (χ2v) is 6.35. The lowest BCUT2D eigenvalue weighted by Gasteiger charge is -2.35. The lowest BCUT2D eigenvalue weighted by atomic mass is 9.81. The van der Waals surface area contributed by atoms with Gasteiger partial charge in [0.25, 0.3) is 0 Å². The number of ether oxygens (including phenoxy) is 2. The van der Waals surface area contributed by atoms with Crippen molar-refractivity contribution in [2.75, 3.05) is 19.5 Å². The number of benzene rings is 1. The molecule has 2 N–H and O–H groups in total. The summed E-state index contributed by atoms with van der Waals surface area (Å²) < 4.78 is 10.7. The number of carbonyl (C=O) groups is 1. The molecule has 0 fully saturated rings. The first kappa shape index (κ1) is 18.3. The highest BCUT2D eigenvalue weighted by Crippen LogP contribution is 2.38. The fourth-order valence-electron chi connectivity index (χ4n) is 3.20. The molecule has 1 heterocycles. The van der Waals surface area contributed by atoms with Crippen LogP contribution in [0.4, 0.5) is 5.69 Å². The molecule has 0 amide bonds. The number of aliphatic carboxylic acids is 1. The molecule has 0 saturated carbocycles. The molecule has 2 atom stereocenters. The summed E-state index contributed by atoms with van der Waals surface area (Å²) in [5.74, 6) is -0.744. The monoisotopic (exact) mass is 365 g/mol. The lowest BCUT2D eigenvalue weighted by molar-refractivity contribution is -0.141. The van der Waals surface area contributed by atoms with E-state index >= 15 is 0 Å². The molecule has 2 unspecified atom stereocenters. The number of fused-ring (bicyclic) bond motifs is 1. The Balaban J connectivity index is 2.20. The summed E-state index contributed by atoms with van der Waals surface area (Å²) in [5.41, 5.74) is 0.480. The minimum atomic E-state index is -0.957. The summed E-state index contributed by atoms with van der Waals surface area (Å²) in [5, 5.41) is 23.1. The fraction of sp³-hybridized carbons (Fsp3) is 0.250. The number of hydrogen-bond donors (Lipinski definition) is 2. The van der Waals surface area contributed by atoms with E-state index in [-0.39, 0.29) is 0 Å². The maximum absolute atomic E-state index is 11.7. The number of hydrogen-bond acceptors (Lipinski definition) is 6. The Bertz CT molecular complexity index is 1010. The Kier molecular flexibility index (Phi) is 4.74. The van der Waals surface area contributed by atoms with Crippen molar-refractivity contribution in [2.24, 2.45) is 5.92 Å². The third-order valence-corrected chi connectivity index (χ3v) is 4.66. The number of carboxylic acids is 1. The number of anilines is 1. The zero-order valence-electron chi connectivity index (χ0n) is 15.2. The van der Waals surface area contributed by atoms with E-state index in [1.807, 2.05) is 0 Å². The SMILES string of the molecule is COc1cc2ncc(C#N)c(NC3(C)C=CC=CC3C(=O)O)c2cc1OC. The second-order valence-electron chi connectivity index (χ2n) is 6.35. The van der Waals surface area contributed by atoms with Crippen LogP contribution in [-0.2, 0) is 4.79 Å². The van der Waals surface area contributed by atoms with Gasteiger partial charge in [0, 0.05) is 17.6 Å². The zero-order valence-corrected chi connectivity index (χ0v) is 15.2. The van der Waals surface area contributed by atoms with Gasteiger partial charge in [-0.05, 0) is 13.0 Å². The number of aromatic nitrogens is 1. The van der Waals surface area contributed by atoms with Gasteiger partial charge in [0.15, 0.2) is 11.5 Å². The molecule has 1 aliphatic rings. The molecule has 3 rings (SSSR count). The van der Waals surface area contributed by atoms with E-state index in [9.17, 15) is 15.2 Å². The molecule has 1 aliphatic carbocycles. The number of carboxylic acid groups (broad SMARTS) is 1. The molecule has 0 radical (unpaired) electrons. The summed E-state index contributed by atoms with van der Waals surface area (Å²) in [7, 11) is 3.05. The molecule has 0 bridgehead atoms. The summed E-state index contributed by atoms with van der Waals surface area (Å²) in [6.45, 7) is 1.78. The minimum absolute atomic E-state index is 0.308. The zero-order chi connectivity index (χ0) is 19.6. The normalized spacial score (nSPS) is 20.9. The Morgan fingerprint density at radius 3 is 2.63 bits per heavy atom. The van der Waals surface area contributed by atoms with E-state index in [0.717, 1.165) is 0 Å². The van der Waals surface area contributed by atoms with Crippen molar-refractivity contribution in [3.63, 3.8) is 0 Å². The molecular weight excluding hydrogens is 346 g/mol. The molecular formula is C20H19N3O4. The minimum Gasteiger partial charge on any atom is -0.493 e. The van der Waals surface area contributed by atoms with Gasteiger partial charge in [0.1, 0.15) is 12.0 Å². The van der Waals surface area contributed by atoms with Gasteiger partial charge in [-0.15, -0.1) is 0 Å². The molecule has 1 aromatic heterocycles.